The van der Waals surface area contributed by atoms with Gasteiger partial charge in [0.1, 0.15) is 0 Å². The minimum atomic E-state index is 0.563. The second kappa shape index (κ2) is 7.82. The smallest absolute Gasteiger partial charge is 0.00672 e. The molecule has 2 aliphatic rings. The van der Waals surface area contributed by atoms with Crippen molar-refractivity contribution in [2.45, 2.75) is 97.4 Å². The Morgan fingerprint density at radius 3 is 2.20 bits per heavy atom. The molecule has 1 nitrogen and oxygen atoms in total. The first-order valence-electron chi connectivity index (χ1n) is 9.35. The van der Waals surface area contributed by atoms with Crippen molar-refractivity contribution in [2.24, 2.45) is 17.3 Å². The third kappa shape index (κ3) is 4.76. The SMILES string of the molecule is CCC(C)(C)C1CCC(NCCCC2CCCC2)CC1. The Morgan fingerprint density at radius 1 is 0.950 bits per heavy atom. The maximum absolute atomic E-state index is 3.84. The van der Waals surface area contributed by atoms with Crippen LogP contribution in [0.25, 0.3) is 0 Å². The summed E-state index contributed by atoms with van der Waals surface area (Å²) in [5, 5.41) is 3.84. The van der Waals surface area contributed by atoms with Gasteiger partial charge in [-0.25, -0.2) is 0 Å². The van der Waals surface area contributed by atoms with Gasteiger partial charge in [-0.3, -0.25) is 0 Å². The van der Waals surface area contributed by atoms with Gasteiger partial charge in [-0.15, -0.1) is 0 Å². The lowest BCUT2D eigenvalue weighted by molar-refractivity contribution is 0.137. The van der Waals surface area contributed by atoms with Crippen LogP contribution < -0.4 is 5.32 Å². The maximum Gasteiger partial charge on any atom is 0.00672 e. The van der Waals surface area contributed by atoms with Crippen LogP contribution >= 0.6 is 0 Å². The fourth-order valence-corrected chi connectivity index (χ4v) is 4.36. The largest absolute Gasteiger partial charge is 0.314 e. The van der Waals surface area contributed by atoms with E-state index in [4.69, 9.17) is 0 Å². The highest BCUT2D eigenvalue weighted by atomic mass is 14.9. The van der Waals surface area contributed by atoms with Crippen LogP contribution in [0.2, 0.25) is 0 Å². The van der Waals surface area contributed by atoms with E-state index < -0.39 is 0 Å². The molecule has 0 atom stereocenters. The quantitative estimate of drug-likeness (QED) is 0.603. The minimum Gasteiger partial charge on any atom is -0.314 e. The maximum atomic E-state index is 3.84. The van der Waals surface area contributed by atoms with Gasteiger partial charge in [0.15, 0.2) is 0 Å². The number of hydrogen-bond acceptors (Lipinski definition) is 1. The van der Waals surface area contributed by atoms with Crippen LogP contribution in [0.5, 0.6) is 0 Å². The molecular weight excluding hydrogens is 242 g/mol. The number of hydrogen-bond donors (Lipinski definition) is 1. The Bertz CT molecular complexity index is 257. The summed E-state index contributed by atoms with van der Waals surface area (Å²) in [6, 6.07) is 0.822. The van der Waals surface area contributed by atoms with E-state index in [0.717, 1.165) is 17.9 Å². The fourth-order valence-electron chi connectivity index (χ4n) is 4.36. The normalized spacial score (nSPS) is 28.9. The van der Waals surface area contributed by atoms with Gasteiger partial charge in [0.2, 0.25) is 0 Å². The van der Waals surface area contributed by atoms with Crippen molar-refractivity contribution >= 4 is 0 Å². The second-order valence-electron chi connectivity index (χ2n) is 8.14. The lowest BCUT2D eigenvalue weighted by atomic mass is 9.69. The molecule has 0 aromatic rings. The summed E-state index contributed by atoms with van der Waals surface area (Å²) >= 11 is 0. The molecule has 0 heterocycles. The Labute approximate surface area is 127 Å². The molecule has 0 amide bonds. The van der Waals surface area contributed by atoms with E-state index in [1.54, 1.807) is 0 Å². The first kappa shape index (κ1) is 16.3. The summed E-state index contributed by atoms with van der Waals surface area (Å²) in [7, 11) is 0. The van der Waals surface area contributed by atoms with E-state index in [2.05, 4.69) is 26.1 Å². The zero-order valence-corrected chi connectivity index (χ0v) is 14.2. The molecule has 2 rings (SSSR count). The van der Waals surface area contributed by atoms with Crippen LogP contribution in [0.1, 0.15) is 91.4 Å². The van der Waals surface area contributed by atoms with E-state index in [0.29, 0.717) is 5.41 Å². The number of rotatable bonds is 7. The minimum absolute atomic E-state index is 0.563. The van der Waals surface area contributed by atoms with Gasteiger partial charge in [0.05, 0.1) is 0 Å². The summed E-state index contributed by atoms with van der Waals surface area (Å²) in [5.41, 5.74) is 0.563. The van der Waals surface area contributed by atoms with Crippen LogP contribution in [-0.4, -0.2) is 12.6 Å². The molecule has 0 aromatic carbocycles. The average molecular weight is 280 g/mol. The molecule has 2 aliphatic carbocycles. The molecule has 0 bridgehead atoms. The molecule has 0 spiro atoms. The van der Waals surface area contributed by atoms with Gasteiger partial charge in [0, 0.05) is 6.04 Å². The summed E-state index contributed by atoms with van der Waals surface area (Å²) in [4.78, 5) is 0. The van der Waals surface area contributed by atoms with Crippen LogP contribution in [0, 0.1) is 17.3 Å². The monoisotopic (exact) mass is 279 g/mol. The highest BCUT2D eigenvalue weighted by Crippen LogP contribution is 2.40. The zero-order valence-electron chi connectivity index (χ0n) is 14.2. The van der Waals surface area contributed by atoms with Crippen molar-refractivity contribution in [2.75, 3.05) is 6.54 Å². The molecule has 2 fully saturated rings. The highest BCUT2D eigenvalue weighted by Gasteiger charge is 2.31. The first-order valence-corrected chi connectivity index (χ1v) is 9.35. The van der Waals surface area contributed by atoms with E-state index in [1.807, 2.05) is 0 Å². The predicted octanol–water partition coefficient (Wildman–Crippen LogP) is 5.54. The average Bonchev–Trinajstić information content (AvgIpc) is 2.97. The molecular formula is C19H37N. The van der Waals surface area contributed by atoms with Crippen molar-refractivity contribution in [3.8, 4) is 0 Å². The van der Waals surface area contributed by atoms with Gasteiger partial charge in [-0.2, -0.15) is 0 Å². The van der Waals surface area contributed by atoms with Gasteiger partial charge >= 0.3 is 0 Å². The molecule has 0 aliphatic heterocycles. The van der Waals surface area contributed by atoms with E-state index >= 15 is 0 Å². The van der Waals surface area contributed by atoms with Crippen LogP contribution in [-0.2, 0) is 0 Å². The second-order valence-corrected chi connectivity index (χ2v) is 8.14. The Balaban J connectivity index is 1.55. The van der Waals surface area contributed by atoms with Crippen molar-refractivity contribution in [3.05, 3.63) is 0 Å². The van der Waals surface area contributed by atoms with Crippen molar-refractivity contribution in [1.29, 1.82) is 0 Å². The summed E-state index contributed by atoms with van der Waals surface area (Å²) in [6.07, 6.45) is 15.9. The third-order valence-corrected chi connectivity index (χ3v) is 6.44. The molecule has 0 saturated heterocycles. The Hall–Kier alpha value is -0.0400. The van der Waals surface area contributed by atoms with Gasteiger partial charge in [0.25, 0.3) is 0 Å². The topological polar surface area (TPSA) is 12.0 Å². The third-order valence-electron chi connectivity index (χ3n) is 6.44. The molecule has 20 heavy (non-hydrogen) atoms. The van der Waals surface area contributed by atoms with Gasteiger partial charge in [-0.05, 0) is 62.3 Å². The lowest BCUT2D eigenvalue weighted by Gasteiger charge is -2.39. The molecule has 0 aromatic heterocycles. The van der Waals surface area contributed by atoms with Crippen molar-refractivity contribution in [3.63, 3.8) is 0 Å². The van der Waals surface area contributed by atoms with Crippen molar-refractivity contribution in [1.82, 2.24) is 5.32 Å². The fraction of sp³-hybridized carbons (Fsp3) is 1.00. The molecule has 1 heteroatoms. The first-order chi connectivity index (χ1) is 9.62. The molecule has 0 unspecified atom stereocenters. The summed E-state index contributed by atoms with van der Waals surface area (Å²) < 4.78 is 0. The van der Waals surface area contributed by atoms with E-state index in [-0.39, 0.29) is 0 Å². The summed E-state index contributed by atoms with van der Waals surface area (Å²) in [5.74, 6) is 2.03. The summed E-state index contributed by atoms with van der Waals surface area (Å²) in [6.45, 7) is 8.55. The Kier molecular flexibility index (Phi) is 6.39. The molecule has 118 valence electrons. The van der Waals surface area contributed by atoms with Crippen LogP contribution in [0.4, 0.5) is 0 Å². The lowest BCUT2D eigenvalue weighted by Crippen LogP contribution is -2.37. The Morgan fingerprint density at radius 2 is 1.60 bits per heavy atom. The standard InChI is InChI=1S/C19H37N/c1-4-19(2,3)17-11-13-18(14-12-17)20-15-7-10-16-8-5-6-9-16/h16-18,20H,4-15H2,1-3H3. The molecule has 0 radical (unpaired) electrons. The van der Waals surface area contributed by atoms with Gasteiger partial charge in [-0.1, -0.05) is 52.9 Å². The van der Waals surface area contributed by atoms with Gasteiger partial charge < -0.3 is 5.32 Å². The van der Waals surface area contributed by atoms with E-state index in [9.17, 15) is 0 Å². The van der Waals surface area contributed by atoms with Crippen LogP contribution in [0.15, 0.2) is 0 Å². The highest BCUT2D eigenvalue weighted by molar-refractivity contribution is 4.85. The predicted molar refractivity (Wildman–Crippen MR) is 89.0 cm³/mol. The van der Waals surface area contributed by atoms with Crippen molar-refractivity contribution < 1.29 is 0 Å². The van der Waals surface area contributed by atoms with E-state index in [1.165, 1.54) is 77.2 Å². The zero-order chi connectivity index (χ0) is 14.4. The number of nitrogens with one attached hydrogen (secondary N) is 1. The van der Waals surface area contributed by atoms with Crippen LogP contribution in [0.3, 0.4) is 0 Å². The molecule has 1 N–H and O–H groups in total. The molecule has 2 saturated carbocycles.